The lowest BCUT2D eigenvalue weighted by Crippen LogP contribution is -2.12. The molecule has 1 heterocycles. The molecular weight excluding hydrogens is 369 g/mol. The minimum atomic E-state index is -0.395. The summed E-state index contributed by atoms with van der Waals surface area (Å²) in [5, 5.41) is 5.80. The fourth-order valence-electron chi connectivity index (χ4n) is 2.40. The summed E-state index contributed by atoms with van der Waals surface area (Å²) in [6.45, 7) is 1.38. The van der Waals surface area contributed by atoms with Crippen molar-refractivity contribution in [1.82, 2.24) is 4.98 Å². The van der Waals surface area contributed by atoms with E-state index in [2.05, 4.69) is 15.6 Å². The van der Waals surface area contributed by atoms with Gasteiger partial charge >= 0.3 is 0 Å². The molecule has 2 amide bonds. The first-order chi connectivity index (χ1) is 13.0. The Labute approximate surface area is 159 Å². The van der Waals surface area contributed by atoms with E-state index in [0.29, 0.717) is 32.6 Å². The molecule has 0 saturated heterocycles. The quantitative estimate of drug-likeness (QED) is 0.691. The Balaban J connectivity index is 1.80. The van der Waals surface area contributed by atoms with Crippen molar-refractivity contribution in [3.63, 3.8) is 0 Å². The molecule has 0 atom stereocenters. The molecule has 8 heteroatoms. The highest BCUT2D eigenvalue weighted by atomic mass is 32.1. The number of ether oxygens (including phenoxy) is 1. The van der Waals surface area contributed by atoms with E-state index in [9.17, 15) is 14.0 Å². The molecule has 0 unspecified atom stereocenters. The molecule has 0 aliphatic heterocycles. The molecule has 0 radical (unpaired) electrons. The fraction of sp³-hybridized carbons (Fsp3) is 0.105. The molecule has 0 saturated carbocycles. The van der Waals surface area contributed by atoms with Crippen LogP contribution >= 0.6 is 11.3 Å². The predicted octanol–water partition coefficient (Wildman–Crippen LogP) is 4.17. The van der Waals surface area contributed by atoms with E-state index in [-0.39, 0.29) is 11.8 Å². The molecule has 0 bridgehead atoms. The molecule has 3 aromatic rings. The summed E-state index contributed by atoms with van der Waals surface area (Å²) >= 11 is 1.09. The van der Waals surface area contributed by atoms with E-state index in [1.165, 1.54) is 26.3 Å². The number of nitrogens with one attached hydrogen (secondary N) is 2. The highest BCUT2D eigenvalue weighted by Crippen LogP contribution is 2.30. The topological polar surface area (TPSA) is 80.3 Å². The third-order valence-corrected chi connectivity index (χ3v) is 4.63. The van der Waals surface area contributed by atoms with Crippen LogP contribution in [0, 0.1) is 5.82 Å². The molecule has 1 aromatic heterocycles. The Bertz CT molecular complexity index is 1000. The second kappa shape index (κ2) is 7.96. The van der Waals surface area contributed by atoms with Gasteiger partial charge in [-0.15, -0.1) is 11.3 Å². The Morgan fingerprint density at radius 2 is 1.93 bits per heavy atom. The molecule has 0 aliphatic rings. The number of hydrogen-bond donors (Lipinski definition) is 2. The summed E-state index contributed by atoms with van der Waals surface area (Å²) in [4.78, 5) is 28.3. The van der Waals surface area contributed by atoms with Crippen LogP contribution in [0.2, 0.25) is 0 Å². The largest absolute Gasteiger partial charge is 0.495 e. The molecule has 0 spiro atoms. The zero-order valence-corrected chi connectivity index (χ0v) is 15.4. The van der Waals surface area contributed by atoms with Crippen LogP contribution in [0.4, 0.5) is 15.8 Å². The Morgan fingerprint density at radius 3 is 2.63 bits per heavy atom. The lowest BCUT2D eigenvalue weighted by molar-refractivity contribution is -0.114. The van der Waals surface area contributed by atoms with Gasteiger partial charge in [-0.05, 0) is 30.3 Å². The van der Waals surface area contributed by atoms with Gasteiger partial charge in [0.05, 0.1) is 19.0 Å². The zero-order valence-electron chi connectivity index (χ0n) is 14.6. The Hall–Kier alpha value is -3.26. The maximum atomic E-state index is 13.9. The highest BCUT2D eigenvalue weighted by molar-refractivity contribution is 7.17. The standard InChI is InChI=1S/C19H16FN3O3S/c1-11(24)22-15-9-12(7-8-16(15)26-2)23-18(25)17-10-21-19(27-17)13-5-3-4-6-14(13)20/h3-10H,1-2H3,(H,22,24)(H,23,25). The van der Waals surface area contributed by atoms with Crippen LogP contribution in [0.1, 0.15) is 16.6 Å². The molecule has 3 rings (SSSR count). The second-order valence-corrected chi connectivity index (χ2v) is 6.59. The third-order valence-electron chi connectivity index (χ3n) is 3.60. The first-order valence-electron chi connectivity index (χ1n) is 7.95. The zero-order chi connectivity index (χ0) is 19.4. The van der Waals surface area contributed by atoms with Crippen LogP contribution in [-0.2, 0) is 4.79 Å². The maximum Gasteiger partial charge on any atom is 0.267 e. The van der Waals surface area contributed by atoms with E-state index in [1.54, 1.807) is 36.4 Å². The van der Waals surface area contributed by atoms with Crippen LogP contribution in [-0.4, -0.2) is 23.9 Å². The molecular formula is C19H16FN3O3S. The SMILES string of the molecule is COc1ccc(NC(=O)c2cnc(-c3ccccc3F)s2)cc1NC(C)=O. The summed E-state index contributed by atoms with van der Waals surface area (Å²) in [5.41, 5.74) is 1.27. The number of benzene rings is 2. The predicted molar refractivity (Wildman–Crippen MR) is 103 cm³/mol. The number of aromatic nitrogens is 1. The van der Waals surface area contributed by atoms with Crippen molar-refractivity contribution in [3.05, 3.63) is 59.4 Å². The van der Waals surface area contributed by atoms with Crippen molar-refractivity contribution >= 4 is 34.5 Å². The number of hydrogen-bond acceptors (Lipinski definition) is 5. The van der Waals surface area contributed by atoms with Crippen LogP contribution < -0.4 is 15.4 Å². The number of anilines is 2. The summed E-state index contributed by atoms with van der Waals surface area (Å²) < 4.78 is 19.1. The number of rotatable bonds is 5. The number of nitrogens with zero attached hydrogens (tertiary/aromatic N) is 1. The minimum absolute atomic E-state index is 0.256. The summed E-state index contributed by atoms with van der Waals surface area (Å²) in [5.74, 6) is -0.556. The Kier molecular flexibility index (Phi) is 5.46. The number of thiazole rings is 1. The van der Waals surface area contributed by atoms with Crippen molar-refractivity contribution in [3.8, 4) is 16.3 Å². The first-order valence-corrected chi connectivity index (χ1v) is 8.77. The molecule has 0 aliphatic carbocycles. The van der Waals surface area contributed by atoms with Crippen LogP contribution in [0.5, 0.6) is 5.75 Å². The number of halogens is 1. The first kappa shape index (κ1) is 18.5. The second-order valence-electron chi connectivity index (χ2n) is 5.56. The number of carbonyl (C=O) groups is 2. The molecule has 27 heavy (non-hydrogen) atoms. The highest BCUT2D eigenvalue weighted by Gasteiger charge is 2.15. The molecule has 0 fully saturated rings. The monoisotopic (exact) mass is 385 g/mol. The van der Waals surface area contributed by atoms with Crippen molar-refractivity contribution in [1.29, 1.82) is 0 Å². The molecule has 6 nitrogen and oxygen atoms in total. The van der Waals surface area contributed by atoms with E-state index in [0.717, 1.165) is 11.3 Å². The summed E-state index contributed by atoms with van der Waals surface area (Å²) in [7, 11) is 1.49. The molecule has 138 valence electrons. The van der Waals surface area contributed by atoms with Gasteiger partial charge in [0.2, 0.25) is 5.91 Å². The van der Waals surface area contributed by atoms with Gasteiger partial charge in [-0.1, -0.05) is 12.1 Å². The average Bonchev–Trinajstić information content (AvgIpc) is 3.12. The lowest BCUT2D eigenvalue weighted by atomic mass is 10.2. The van der Waals surface area contributed by atoms with Crippen LogP contribution in [0.25, 0.3) is 10.6 Å². The van der Waals surface area contributed by atoms with Gasteiger partial charge in [-0.2, -0.15) is 0 Å². The maximum absolute atomic E-state index is 13.9. The fourth-order valence-corrected chi connectivity index (χ4v) is 3.24. The summed E-state index contributed by atoms with van der Waals surface area (Å²) in [6.07, 6.45) is 1.40. The van der Waals surface area contributed by atoms with Crippen molar-refractivity contribution in [2.24, 2.45) is 0 Å². The summed E-state index contributed by atoms with van der Waals surface area (Å²) in [6, 6.07) is 11.1. The van der Waals surface area contributed by atoms with Crippen LogP contribution in [0.3, 0.4) is 0 Å². The normalized spacial score (nSPS) is 10.3. The number of amides is 2. The lowest BCUT2D eigenvalue weighted by Gasteiger charge is -2.11. The number of carbonyl (C=O) groups excluding carboxylic acids is 2. The third kappa shape index (κ3) is 4.29. The van der Waals surface area contributed by atoms with E-state index in [4.69, 9.17) is 4.74 Å². The van der Waals surface area contributed by atoms with Gasteiger partial charge in [-0.3, -0.25) is 9.59 Å². The van der Waals surface area contributed by atoms with Crippen LogP contribution in [0.15, 0.2) is 48.7 Å². The van der Waals surface area contributed by atoms with Gasteiger partial charge in [0, 0.05) is 18.2 Å². The Morgan fingerprint density at radius 1 is 1.15 bits per heavy atom. The number of methoxy groups -OCH3 is 1. The van der Waals surface area contributed by atoms with Gasteiger partial charge in [0.1, 0.15) is 21.5 Å². The minimum Gasteiger partial charge on any atom is -0.495 e. The van der Waals surface area contributed by atoms with E-state index in [1.807, 2.05) is 0 Å². The van der Waals surface area contributed by atoms with Crippen molar-refractivity contribution < 1.29 is 18.7 Å². The van der Waals surface area contributed by atoms with Gasteiger partial charge < -0.3 is 15.4 Å². The van der Waals surface area contributed by atoms with Crippen molar-refractivity contribution in [2.45, 2.75) is 6.92 Å². The molecule has 2 aromatic carbocycles. The smallest absolute Gasteiger partial charge is 0.267 e. The molecule has 2 N–H and O–H groups in total. The van der Waals surface area contributed by atoms with Gasteiger partial charge in [0.15, 0.2) is 0 Å². The van der Waals surface area contributed by atoms with Gasteiger partial charge in [-0.25, -0.2) is 9.37 Å². The van der Waals surface area contributed by atoms with E-state index >= 15 is 0 Å². The van der Waals surface area contributed by atoms with Gasteiger partial charge in [0.25, 0.3) is 5.91 Å². The van der Waals surface area contributed by atoms with E-state index < -0.39 is 5.82 Å². The van der Waals surface area contributed by atoms with Crippen molar-refractivity contribution in [2.75, 3.05) is 17.7 Å². The average molecular weight is 385 g/mol.